The van der Waals surface area contributed by atoms with E-state index in [-0.39, 0.29) is 25.5 Å². The normalized spacial score (nSPS) is 25.7. The Balaban J connectivity index is 0.000000416. The van der Waals surface area contributed by atoms with Gasteiger partial charge in [0.2, 0.25) is 6.73 Å². The molecule has 3 aliphatic rings. The monoisotopic (exact) mass is 519 g/mol. The number of benzene rings is 1. The minimum atomic E-state index is -0.311. The number of carbonyl (C=O) groups is 1. The van der Waals surface area contributed by atoms with E-state index in [4.69, 9.17) is 14.2 Å². The van der Waals surface area contributed by atoms with Gasteiger partial charge in [-0.05, 0) is 110 Å². The highest BCUT2D eigenvalue weighted by molar-refractivity contribution is 5.75. The van der Waals surface area contributed by atoms with E-state index in [2.05, 4.69) is 29.0 Å². The van der Waals surface area contributed by atoms with E-state index in [1.165, 1.54) is 56.8 Å². The molecule has 3 aliphatic carbocycles. The van der Waals surface area contributed by atoms with Gasteiger partial charge < -0.3 is 18.9 Å². The highest BCUT2D eigenvalue weighted by Crippen LogP contribution is 2.61. The molecule has 1 aromatic carbocycles. The van der Waals surface area contributed by atoms with Gasteiger partial charge in [0.25, 0.3) is 0 Å². The molecule has 2 fully saturated rings. The Morgan fingerprint density at radius 3 is 2.43 bits per heavy atom. The van der Waals surface area contributed by atoms with Crippen LogP contribution < -0.4 is 9.47 Å². The zero-order valence-corrected chi connectivity index (χ0v) is 23.1. The zero-order chi connectivity index (χ0) is 26.3. The second-order valence-corrected chi connectivity index (χ2v) is 11.5. The smallest absolute Gasteiger partial charge is 0.311 e. The lowest BCUT2D eigenvalue weighted by Gasteiger charge is -2.49. The molecular weight excluding hydrogens is 470 g/mol. The van der Waals surface area contributed by atoms with Crippen LogP contribution in [0.2, 0.25) is 0 Å². The number of aryl methyl sites for hydroxylation is 1. The van der Waals surface area contributed by atoms with E-state index in [0.29, 0.717) is 36.0 Å². The summed E-state index contributed by atoms with van der Waals surface area (Å²) in [5.41, 5.74) is 3.05. The topological polar surface area (TPSA) is 83.4 Å². The first-order valence-electron chi connectivity index (χ1n) is 13.5. The van der Waals surface area contributed by atoms with Crippen molar-refractivity contribution in [2.24, 2.45) is 27.8 Å². The van der Waals surface area contributed by atoms with E-state index < -0.39 is 0 Å². The number of hydrogen-bond donors (Lipinski definition) is 0. The van der Waals surface area contributed by atoms with Gasteiger partial charge in [0.05, 0.1) is 19.1 Å². The van der Waals surface area contributed by atoms with Gasteiger partial charge in [-0.15, -0.1) is 4.91 Å². The number of ether oxygens (including phenoxy) is 4. The lowest BCUT2D eigenvalue weighted by Crippen LogP contribution is -2.39. The van der Waals surface area contributed by atoms with Gasteiger partial charge in [-0.25, -0.2) is 0 Å². The lowest BCUT2D eigenvalue weighted by molar-refractivity contribution is -0.150. The quantitative estimate of drug-likeness (QED) is 0.193. The summed E-state index contributed by atoms with van der Waals surface area (Å²) >= 11 is 0. The van der Waals surface area contributed by atoms with Crippen LogP contribution in [-0.2, 0) is 20.7 Å². The fourth-order valence-electron chi connectivity index (χ4n) is 6.55. The number of nitrogens with zero attached hydrogens (tertiary/aromatic N) is 1. The maximum atomic E-state index is 10.8. The summed E-state index contributed by atoms with van der Waals surface area (Å²) < 4.78 is 21.1. The fraction of sp³-hybridized carbons (Fsp3) is 0.767. The largest absolute Gasteiger partial charge is 0.487 e. The SMILES string of the molecule is C.CCC(C)(C)C(=O)OC.COCCOc1cc2c(cc1OCN=O)C1CC[C@]3(C)CCCC3C1CC2. The van der Waals surface area contributed by atoms with E-state index in [1.807, 2.05) is 20.8 Å². The van der Waals surface area contributed by atoms with Gasteiger partial charge in [0.1, 0.15) is 6.61 Å². The average Bonchev–Trinajstić information content (AvgIpc) is 3.29. The molecule has 4 rings (SSSR count). The van der Waals surface area contributed by atoms with Crippen molar-refractivity contribution in [1.82, 2.24) is 0 Å². The van der Waals surface area contributed by atoms with Crippen LogP contribution >= 0.6 is 0 Å². The van der Waals surface area contributed by atoms with Gasteiger partial charge >= 0.3 is 5.97 Å². The van der Waals surface area contributed by atoms with Gasteiger partial charge in [-0.3, -0.25) is 4.79 Å². The third kappa shape index (κ3) is 7.04. The van der Waals surface area contributed by atoms with Gasteiger partial charge in [0.15, 0.2) is 11.5 Å². The van der Waals surface area contributed by atoms with Crippen molar-refractivity contribution in [3.05, 3.63) is 28.2 Å². The van der Waals surface area contributed by atoms with E-state index >= 15 is 0 Å². The maximum Gasteiger partial charge on any atom is 0.311 e. The Morgan fingerprint density at radius 1 is 1.08 bits per heavy atom. The van der Waals surface area contributed by atoms with Gasteiger partial charge in [0, 0.05) is 7.11 Å². The van der Waals surface area contributed by atoms with Crippen LogP contribution in [0.4, 0.5) is 0 Å². The molecule has 0 bridgehead atoms. The minimum Gasteiger partial charge on any atom is -0.487 e. The standard InChI is InChI=1S/C22H31NO4.C7H14O2.CH4/c1-22-8-3-4-19(22)17-6-5-15-12-20(26-11-10-25-2)21(27-14-23-24)13-18(15)16(17)7-9-22;1-5-7(2,3)6(8)9-4;/h12-13,16-17,19H,3-11,14H2,1-2H3;5H2,1-4H3;1H4/t16?,17?,19?,22-;;/m0../s1. The molecule has 7 nitrogen and oxygen atoms in total. The first-order chi connectivity index (χ1) is 17.2. The van der Waals surface area contributed by atoms with Crippen molar-refractivity contribution in [1.29, 1.82) is 0 Å². The molecule has 37 heavy (non-hydrogen) atoms. The van der Waals surface area contributed by atoms with Gasteiger partial charge in [-0.2, -0.15) is 0 Å². The summed E-state index contributed by atoms with van der Waals surface area (Å²) in [6.45, 7) is 9.04. The number of methoxy groups -OCH3 is 2. The van der Waals surface area contributed by atoms with Crippen molar-refractivity contribution >= 4 is 5.97 Å². The van der Waals surface area contributed by atoms with Crippen LogP contribution in [0.3, 0.4) is 0 Å². The second-order valence-electron chi connectivity index (χ2n) is 11.5. The van der Waals surface area contributed by atoms with Crippen LogP contribution in [0.1, 0.15) is 97.1 Å². The number of nitroso groups, excluding NO2 is 1. The number of rotatable bonds is 9. The summed E-state index contributed by atoms with van der Waals surface area (Å²) in [7, 11) is 3.07. The molecule has 0 aromatic heterocycles. The van der Waals surface area contributed by atoms with Crippen molar-refractivity contribution in [2.45, 2.75) is 92.4 Å². The Kier molecular flexibility index (Phi) is 11.4. The molecular formula is C30H49NO6. The van der Waals surface area contributed by atoms with Crippen LogP contribution in [-0.4, -0.2) is 40.1 Å². The van der Waals surface area contributed by atoms with Crippen molar-refractivity contribution in [2.75, 3.05) is 34.2 Å². The highest BCUT2D eigenvalue weighted by Gasteiger charge is 2.50. The molecule has 0 radical (unpaired) electrons. The molecule has 0 N–H and O–H groups in total. The highest BCUT2D eigenvalue weighted by atomic mass is 16.5. The van der Waals surface area contributed by atoms with Crippen LogP contribution in [0.5, 0.6) is 11.5 Å². The molecule has 7 heteroatoms. The Morgan fingerprint density at radius 2 is 1.81 bits per heavy atom. The lowest BCUT2D eigenvalue weighted by atomic mass is 9.56. The molecule has 210 valence electrons. The first kappa shape index (κ1) is 31.1. The van der Waals surface area contributed by atoms with E-state index in [1.54, 1.807) is 7.11 Å². The third-order valence-corrected chi connectivity index (χ3v) is 9.01. The van der Waals surface area contributed by atoms with Crippen molar-refractivity contribution < 1.29 is 23.7 Å². The predicted molar refractivity (Wildman–Crippen MR) is 147 cm³/mol. The zero-order valence-electron chi connectivity index (χ0n) is 23.1. The summed E-state index contributed by atoms with van der Waals surface area (Å²) in [6, 6.07) is 4.26. The van der Waals surface area contributed by atoms with Crippen LogP contribution in [0.25, 0.3) is 0 Å². The first-order valence-corrected chi connectivity index (χ1v) is 13.5. The third-order valence-electron chi connectivity index (χ3n) is 9.01. The molecule has 0 amide bonds. The van der Waals surface area contributed by atoms with Crippen molar-refractivity contribution in [3.63, 3.8) is 0 Å². The molecule has 2 saturated carbocycles. The molecule has 4 atom stereocenters. The van der Waals surface area contributed by atoms with E-state index in [0.717, 1.165) is 24.7 Å². The summed E-state index contributed by atoms with van der Waals surface area (Å²) in [4.78, 5) is 21.4. The Labute approximate surface area is 223 Å². The van der Waals surface area contributed by atoms with Crippen LogP contribution in [0, 0.1) is 27.6 Å². The number of carbonyl (C=O) groups excluding carboxylic acids is 1. The molecule has 0 spiro atoms. The summed E-state index contributed by atoms with van der Waals surface area (Å²) in [5, 5.41) is 2.86. The molecule has 0 heterocycles. The molecule has 0 aliphatic heterocycles. The molecule has 0 saturated heterocycles. The molecule has 1 aromatic rings. The minimum absolute atomic E-state index is 0. The molecule has 3 unspecified atom stereocenters. The van der Waals surface area contributed by atoms with Crippen LogP contribution in [0.15, 0.2) is 17.3 Å². The number of fused-ring (bicyclic) bond motifs is 5. The van der Waals surface area contributed by atoms with E-state index in [9.17, 15) is 9.70 Å². The number of hydrogen-bond acceptors (Lipinski definition) is 7. The van der Waals surface area contributed by atoms with Crippen molar-refractivity contribution in [3.8, 4) is 11.5 Å². The summed E-state index contributed by atoms with van der Waals surface area (Å²) in [6.07, 6.45) is 9.99. The average molecular weight is 520 g/mol. The Bertz CT molecular complexity index is 900. The van der Waals surface area contributed by atoms with Gasteiger partial charge in [-0.1, -0.05) is 27.7 Å². The predicted octanol–water partition coefficient (Wildman–Crippen LogP) is 7.29. The Hall–Kier alpha value is -2.15. The summed E-state index contributed by atoms with van der Waals surface area (Å²) in [5.74, 6) is 3.48. The number of esters is 1. The maximum absolute atomic E-state index is 10.8. The fourth-order valence-corrected chi connectivity index (χ4v) is 6.55. The second kappa shape index (κ2) is 13.6.